The van der Waals surface area contributed by atoms with Crippen LogP contribution in [0.3, 0.4) is 0 Å². The Hall–Kier alpha value is -3.98. The fraction of sp³-hybridized carbons (Fsp3) is 0.194. The summed E-state index contributed by atoms with van der Waals surface area (Å²) in [6, 6.07) is 9.21. The number of aryl methyl sites for hydroxylation is 1. The first-order chi connectivity index (χ1) is 17.7. The lowest BCUT2D eigenvalue weighted by molar-refractivity contribution is -0.00775. The number of rotatable bonds is 10. The van der Waals surface area contributed by atoms with E-state index in [0.29, 0.717) is 29.5 Å². The van der Waals surface area contributed by atoms with Crippen LogP contribution in [0.15, 0.2) is 115 Å². The van der Waals surface area contributed by atoms with Gasteiger partial charge in [0.1, 0.15) is 17.3 Å². The Morgan fingerprint density at radius 2 is 1.73 bits per heavy atom. The molecule has 192 valence electrons. The predicted molar refractivity (Wildman–Crippen MR) is 140 cm³/mol. The Kier molecular flexibility index (Phi) is 11.5. The molecule has 1 aromatic carbocycles. The highest BCUT2D eigenvalue weighted by Crippen LogP contribution is 2.34. The third kappa shape index (κ3) is 9.89. The van der Waals surface area contributed by atoms with Crippen molar-refractivity contribution in [3.05, 3.63) is 137 Å². The van der Waals surface area contributed by atoms with Gasteiger partial charge in [0, 0.05) is 23.8 Å². The van der Waals surface area contributed by atoms with Gasteiger partial charge in [0.25, 0.3) is 5.92 Å². The molecule has 1 nitrogen and oxygen atoms in total. The summed E-state index contributed by atoms with van der Waals surface area (Å²) in [5, 5.41) is 0. The second-order valence-electron chi connectivity index (χ2n) is 8.06. The van der Waals surface area contributed by atoms with E-state index in [1.165, 1.54) is 18.3 Å². The van der Waals surface area contributed by atoms with Crippen molar-refractivity contribution in [2.75, 3.05) is 0 Å². The minimum absolute atomic E-state index is 0.00156. The molecule has 0 N–H and O–H groups in total. The van der Waals surface area contributed by atoms with Crippen LogP contribution in [0, 0.1) is 17.7 Å². The molecule has 2 rings (SSSR count). The number of hydrogen-bond donors (Lipinski definition) is 0. The summed E-state index contributed by atoms with van der Waals surface area (Å²) in [6.45, 7) is 6.70. The first-order valence-corrected chi connectivity index (χ1v) is 11.6. The van der Waals surface area contributed by atoms with Crippen molar-refractivity contribution in [1.29, 1.82) is 0 Å². The van der Waals surface area contributed by atoms with E-state index in [2.05, 4.69) is 23.4 Å². The highest BCUT2D eigenvalue weighted by molar-refractivity contribution is 5.46. The summed E-state index contributed by atoms with van der Waals surface area (Å²) < 4.78 is 68.5. The minimum Gasteiger partial charge on any atom is -0.254 e. The fourth-order valence-corrected chi connectivity index (χ4v) is 3.22. The van der Waals surface area contributed by atoms with Crippen LogP contribution in [0.4, 0.5) is 22.0 Å². The SMILES string of the molecule is C=C(F)/C=C\C(=C\F)CC(F)(F)c1ccc(C#CC(/C=C\C(=C/C)CCc2ccccc2F)=C/C)cn1. The van der Waals surface area contributed by atoms with E-state index in [0.717, 1.165) is 23.8 Å². The maximum absolute atomic E-state index is 14.5. The molecule has 1 aromatic heterocycles. The number of allylic oxidation sites excluding steroid dienone is 10. The third-order valence-corrected chi connectivity index (χ3v) is 5.33. The van der Waals surface area contributed by atoms with Gasteiger partial charge in [-0.25, -0.2) is 13.2 Å². The second-order valence-corrected chi connectivity index (χ2v) is 8.06. The molecule has 0 aliphatic rings. The number of nitrogens with zero attached hydrogens (tertiary/aromatic N) is 1. The van der Waals surface area contributed by atoms with E-state index in [-0.39, 0.29) is 12.1 Å². The van der Waals surface area contributed by atoms with Crippen LogP contribution in [0.1, 0.15) is 43.5 Å². The van der Waals surface area contributed by atoms with Crippen LogP contribution < -0.4 is 0 Å². The van der Waals surface area contributed by atoms with Crippen LogP contribution in [0.25, 0.3) is 0 Å². The quantitative estimate of drug-likeness (QED) is 0.177. The zero-order chi connectivity index (χ0) is 27.3. The summed E-state index contributed by atoms with van der Waals surface area (Å²) in [4.78, 5) is 3.79. The number of halogens is 5. The van der Waals surface area contributed by atoms with Crippen molar-refractivity contribution < 1.29 is 22.0 Å². The van der Waals surface area contributed by atoms with Crippen molar-refractivity contribution in [2.45, 2.75) is 39.0 Å². The Morgan fingerprint density at radius 3 is 2.32 bits per heavy atom. The molecule has 0 aliphatic heterocycles. The highest BCUT2D eigenvalue weighted by atomic mass is 19.3. The molecule has 0 bridgehead atoms. The van der Waals surface area contributed by atoms with Gasteiger partial charge in [-0.1, -0.05) is 66.5 Å². The van der Waals surface area contributed by atoms with E-state index < -0.39 is 29.4 Å². The van der Waals surface area contributed by atoms with Crippen LogP contribution in [0.5, 0.6) is 0 Å². The fourth-order valence-electron chi connectivity index (χ4n) is 3.22. The largest absolute Gasteiger partial charge is 0.293 e. The average molecular weight is 510 g/mol. The molecule has 0 spiro atoms. The smallest absolute Gasteiger partial charge is 0.254 e. The van der Waals surface area contributed by atoms with Gasteiger partial charge in [0.05, 0.1) is 6.33 Å². The topological polar surface area (TPSA) is 12.9 Å². The maximum Gasteiger partial charge on any atom is 0.293 e. The standard InChI is InChI=1S/C31H28F5N/c1-4-24(12-13-25(5-2)16-18-28-8-6-7-9-29(28)34)14-15-26-17-19-30(37-22-26)31(35,36)20-27(21-32)11-10-23(3)33/h4-13,17,19,21-22H,3,16,18,20H2,1-2H3/b11-10-,13-12-,24-4+,25-5+,27-21-. The van der Waals surface area contributed by atoms with Crippen molar-refractivity contribution in [3.8, 4) is 11.8 Å². The van der Waals surface area contributed by atoms with Crippen LogP contribution in [0.2, 0.25) is 0 Å². The molecule has 0 saturated heterocycles. The summed E-state index contributed by atoms with van der Waals surface area (Å²) in [5.74, 6) is 1.30. The van der Waals surface area contributed by atoms with E-state index in [4.69, 9.17) is 0 Å². The van der Waals surface area contributed by atoms with Gasteiger partial charge in [-0.3, -0.25) is 4.98 Å². The number of aromatic nitrogens is 1. The van der Waals surface area contributed by atoms with Crippen molar-refractivity contribution in [2.24, 2.45) is 0 Å². The van der Waals surface area contributed by atoms with Crippen LogP contribution in [-0.2, 0) is 12.3 Å². The molecular formula is C31H28F5N. The van der Waals surface area contributed by atoms with E-state index in [1.807, 2.05) is 44.2 Å². The van der Waals surface area contributed by atoms with Crippen LogP contribution in [-0.4, -0.2) is 4.98 Å². The van der Waals surface area contributed by atoms with Gasteiger partial charge in [0.2, 0.25) is 0 Å². The molecule has 6 heteroatoms. The lowest BCUT2D eigenvalue weighted by Crippen LogP contribution is -2.16. The summed E-state index contributed by atoms with van der Waals surface area (Å²) >= 11 is 0. The normalized spacial score (nSPS) is 13.2. The molecule has 0 radical (unpaired) electrons. The van der Waals surface area contributed by atoms with Crippen molar-refractivity contribution in [1.82, 2.24) is 4.98 Å². The third-order valence-electron chi connectivity index (χ3n) is 5.33. The highest BCUT2D eigenvalue weighted by Gasteiger charge is 2.33. The first-order valence-electron chi connectivity index (χ1n) is 11.6. The molecule has 0 aliphatic carbocycles. The summed E-state index contributed by atoms with van der Waals surface area (Å²) in [7, 11) is 0. The molecule has 37 heavy (non-hydrogen) atoms. The lowest BCUT2D eigenvalue weighted by Gasteiger charge is -2.15. The zero-order valence-corrected chi connectivity index (χ0v) is 20.7. The Labute approximate surface area is 215 Å². The number of benzene rings is 1. The second kappa shape index (κ2) is 14.5. The average Bonchev–Trinajstić information content (AvgIpc) is 2.89. The van der Waals surface area contributed by atoms with Gasteiger partial charge >= 0.3 is 0 Å². The van der Waals surface area contributed by atoms with Gasteiger partial charge < -0.3 is 0 Å². The molecule has 2 aromatic rings. The molecule has 0 saturated carbocycles. The molecule has 0 fully saturated rings. The monoisotopic (exact) mass is 509 g/mol. The number of pyridine rings is 1. The first kappa shape index (κ1) is 29.3. The Bertz CT molecular complexity index is 1280. The zero-order valence-electron chi connectivity index (χ0n) is 20.7. The van der Waals surface area contributed by atoms with Gasteiger partial charge in [0.15, 0.2) is 0 Å². The number of alkyl halides is 2. The van der Waals surface area contributed by atoms with Crippen LogP contribution >= 0.6 is 0 Å². The Balaban J connectivity index is 2.05. The molecule has 0 atom stereocenters. The minimum atomic E-state index is -3.46. The molecule has 1 heterocycles. The van der Waals surface area contributed by atoms with E-state index in [9.17, 15) is 22.0 Å². The van der Waals surface area contributed by atoms with E-state index >= 15 is 0 Å². The van der Waals surface area contributed by atoms with E-state index in [1.54, 1.807) is 12.1 Å². The molecule has 0 amide bonds. The summed E-state index contributed by atoms with van der Waals surface area (Å²) in [5.41, 5.74) is 1.86. The van der Waals surface area contributed by atoms with Crippen molar-refractivity contribution >= 4 is 0 Å². The lowest BCUT2D eigenvalue weighted by atomic mass is 10.0. The van der Waals surface area contributed by atoms with Gasteiger partial charge in [-0.05, 0) is 68.2 Å². The predicted octanol–water partition coefficient (Wildman–Crippen LogP) is 9.03. The number of hydrogen-bond acceptors (Lipinski definition) is 1. The van der Waals surface area contributed by atoms with Crippen molar-refractivity contribution in [3.63, 3.8) is 0 Å². The Morgan fingerprint density at radius 1 is 1.00 bits per heavy atom. The molecular weight excluding hydrogens is 481 g/mol. The van der Waals surface area contributed by atoms with Gasteiger partial charge in [-0.15, -0.1) is 0 Å². The summed E-state index contributed by atoms with van der Waals surface area (Å²) in [6.07, 6.45) is 10.7. The molecule has 0 unspecified atom stereocenters. The maximum atomic E-state index is 14.5. The van der Waals surface area contributed by atoms with Gasteiger partial charge in [-0.2, -0.15) is 8.78 Å².